The fourth-order valence-corrected chi connectivity index (χ4v) is 3.84. The number of aromatic nitrogens is 6. The molecule has 2 N–H and O–H groups in total. The summed E-state index contributed by atoms with van der Waals surface area (Å²) in [7, 11) is 0. The van der Waals surface area contributed by atoms with Crippen molar-refractivity contribution >= 4 is 28.0 Å². The molecule has 0 unspecified atom stereocenters. The molecule has 27 heavy (non-hydrogen) atoms. The molecule has 1 fully saturated rings. The van der Waals surface area contributed by atoms with Gasteiger partial charge in [0.1, 0.15) is 17.7 Å². The third-order valence-corrected chi connectivity index (χ3v) is 5.14. The molecular weight excluding hydrogens is 342 g/mol. The van der Waals surface area contributed by atoms with Crippen LogP contribution in [0.15, 0.2) is 36.9 Å². The highest BCUT2D eigenvalue weighted by molar-refractivity contribution is 5.82. The third kappa shape index (κ3) is 2.82. The van der Waals surface area contributed by atoms with Crippen LogP contribution in [0.4, 0.5) is 5.82 Å². The lowest BCUT2D eigenvalue weighted by atomic mass is 10.1. The van der Waals surface area contributed by atoms with Crippen LogP contribution in [0.5, 0.6) is 0 Å². The molecule has 0 spiro atoms. The van der Waals surface area contributed by atoms with E-state index in [1.807, 2.05) is 6.07 Å². The van der Waals surface area contributed by atoms with Gasteiger partial charge in [0, 0.05) is 19.3 Å². The van der Waals surface area contributed by atoms with Gasteiger partial charge in [0.25, 0.3) is 0 Å². The van der Waals surface area contributed by atoms with Crippen molar-refractivity contribution < 1.29 is 4.74 Å². The molecule has 1 saturated heterocycles. The van der Waals surface area contributed by atoms with E-state index in [9.17, 15) is 0 Å². The molecule has 4 aromatic rings. The van der Waals surface area contributed by atoms with Crippen LogP contribution in [-0.4, -0.2) is 42.7 Å². The van der Waals surface area contributed by atoms with E-state index in [0.717, 1.165) is 48.7 Å². The number of nitrogens with one attached hydrogen (secondary N) is 2. The zero-order chi connectivity index (χ0) is 18.2. The first kappa shape index (κ1) is 16.2. The number of benzene rings is 1. The number of H-pyrrole nitrogens is 1. The number of aromatic amines is 1. The molecule has 3 aromatic heterocycles. The second-order valence-corrected chi connectivity index (χ2v) is 6.86. The smallest absolute Gasteiger partial charge is 0.182 e. The van der Waals surface area contributed by atoms with Gasteiger partial charge < -0.3 is 19.6 Å². The predicted molar refractivity (Wildman–Crippen MR) is 103 cm³/mol. The molecule has 1 atom stereocenters. The molecule has 4 heterocycles. The molecule has 0 bridgehead atoms. The van der Waals surface area contributed by atoms with Gasteiger partial charge in [0.2, 0.25) is 0 Å². The first-order valence-corrected chi connectivity index (χ1v) is 9.26. The number of anilines is 1. The van der Waals surface area contributed by atoms with Crippen LogP contribution in [0.2, 0.25) is 0 Å². The average molecular weight is 363 g/mol. The molecule has 8 nitrogen and oxygen atoms in total. The summed E-state index contributed by atoms with van der Waals surface area (Å²) >= 11 is 0. The largest absolute Gasteiger partial charge is 0.381 e. The number of rotatable bonds is 4. The van der Waals surface area contributed by atoms with E-state index in [0.29, 0.717) is 11.7 Å². The molecule has 8 heteroatoms. The lowest BCUT2D eigenvalue weighted by molar-refractivity contribution is 0.0697. The third-order valence-electron chi connectivity index (χ3n) is 5.14. The summed E-state index contributed by atoms with van der Waals surface area (Å²) < 4.78 is 7.94. The Kier molecular flexibility index (Phi) is 3.97. The number of hydrogen-bond donors (Lipinski definition) is 2. The van der Waals surface area contributed by atoms with Gasteiger partial charge in [-0.15, -0.1) is 0 Å². The summed E-state index contributed by atoms with van der Waals surface area (Å²) in [6, 6.07) is 8.68. The van der Waals surface area contributed by atoms with Gasteiger partial charge in [-0.2, -0.15) is 0 Å². The zero-order valence-electron chi connectivity index (χ0n) is 15.1. The van der Waals surface area contributed by atoms with Crippen molar-refractivity contribution in [2.75, 3.05) is 18.5 Å². The Morgan fingerprint density at radius 3 is 2.93 bits per heavy atom. The Labute approximate surface area is 156 Å². The first-order chi connectivity index (χ1) is 13.3. The fourth-order valence-electron chi connectivity index (χ4n) is 3.84. The minimum Gasteiger partial charge on any atom is -0.381 e. The highest BCUT2D eigenvalue weighted by Crippen LogP contribution is 2.32. The van der Waals surface area contributed by atoms with Gasteiger partial charge in [-0.05, 0) is 31.9 Å². The van der Waals surface area contributed by atoms with E-state index in [2.05, 4.69) is 54.9 Å². The molecule has 0 amide bonds. The molecule has 1 aliphatic rings. The molecule has 0 aliphatic carbocycles. The second kappa shape index (κ2) is 6.62. The van der Waals surface area contributed by atoms with Gasteiger partial charge in [-0.1, -0.05) is 12.1 Å². The standard InChI is InChI=1S/C19H21N7O/c1-12(24-18-16-17(21-10-20-16)22-11-23-18)19-25-14-4-2-3-5-15(14)26(19)13-6-8-27-9-7-13/h2-5,10-13H,6-9H2,1H3,(H2,20,21,22,23,24)/t12-/m0/s1. The number of nitrogens with zero attached hydrogens (tertiary/aromatic N) is 5. The summed E-state index contributed by atoms with van der Waals surface area (Å²) in [6.07, 6.45) is 5.16. The minimum absolute atomic E-state index is 0.0263. The molecule has 0 saturated carbocycles. The summed E-state index contributed by atoms with van der Waals surface area (Å²) in [4.78, 5) is 20.8. The van der Waals surface area contributed by atoms with E-state index in [4.69, 9.17) is 9.72 Å². The Morgan fingerprint density at radius 1 is 1.19 bits per heavy atom. The van der Waals surface area contributed by atoms with Crippen LogP contribution in [0.25, 0.3) is 22.2 Å². The summed E-state index contributed by atoms with van der Waals surface area (Å²) in [5.41, 5.74) is 3.64. The number of imidazole rings is 2. The van der Waals surface area contributed by atoms with Gasteiger partial charge in [0.15, 0.2) is 11.5 Å². The number of hydrogen-bond acceptors (Lipinski definition) is 6. The van der Waals surface area contributed by atoms with Crippen molar-refractivity contribution in [2.24, 2.45) is 0 Å². The second-order valence-electron chi connectivity index (χ2n) is 6.86. The van der Waals surface area contributed by atoms with Gasteiger partial charge in [-0.25, -0.2) is 19.9 Å². The molecule has 1 aromatic carbocycles. The Balaban J connectivity index is 1.56. The molecule has 1 aliphatic heterocycles. The van der Waals surface area contributed by atoms with Crippen LogP contribution in [0.1, 0.15) is 37.7 Å². The predicted octanol–water partition coefficient (Wildman–Crippen LogP) is 3.23. The molecular formula is C19H21N7O. The lowest BCUT2D eigenvalue weighted by Gasteiger charge is -2.27. The van der Waals surface area contributed by atoms with Crippen molar-refractivity contribution in [3.63, 3.8) is 0 Å². The number of ether oxygens (including phenoxy) is 1. The summed E-state index contributed by atoms with van der Waals surface area (Å²) in [6.45, 7) is 3.69. The van der Waals surface area contributed by atoms with Crippen molar-refractivity contribution in [1.29, 1.82) is 0 Å². The number of para-hydroxylation sites is 2. The normalized spacial score (nSPS) is 16.8. The van der Waals surface area contributed by atoms with Crippen molar-refractivity contribution in [3.05, 3.63) is 42.7 Å². The van der Waals surface area contributed by atoms with E-state index >= 15 is 0 Å². The maximum Gasteiger partial charge on any atom is 0.182 e. The highest BCUT2D eigenvalue weighted by Gasteiger charge is 2.25. The summed E-state index contributed by atoms with van der Waals surface area (Å²) in [5.74, 6) is 1.74. The van der Waals surface area contributed by atoms with Gasteiger partial charge >= 0.3 is 0 Å². The maximum absolute atomic E-state index is 5.57. The van der Waals surface area contributed by atoms with Crippen LogP contribution in [0, 0.1) is 0 Å². The van der Waals surface area contributed by atoms with E-state index in [-0.39, 0.29) is 6.04 Å². The quantitative estimate of drug-likeness (QED) is 0.578. The van der Waals surface area contributed by atoms with Crippen LogP contribution < -0.4 is 5.32 Å². The van der Waals surface area contributed by atoms with Crippen molar-refractivity contribution in [1.82, 2.24) is 29.5 Å². The Bertz CT molecular complexity index is 1080. The monoisotopic (exact) mass is 363 g/mol. The first-order valence-electron chi connectivity index (χ1n) is 9.26. The SMILES string of the molecule is C[C@H](Nc1ncnc2nc[nH]c12)c1nc2ccccc2n1C1CCOCC1. The van der Waals surface area contributed by atoms with Crippen molar-refractivity contribution in [2.45, 2.75) is 31.8 Å². The Morgan fingerprint density at radius 2 is 2.04 bits per heavy atom. The van der Waals surface area contributed by atoms with Crippen LogP contribution in [0.3, 0.4) is 0 Å². The van der Waals surface area contributed by atoms with E-state index in [1.165, 1.54) is 11.8 Å². The highest BCUT2D eigenvalue weighted by atomic mass is 16.5. The summed E-state index contributed by atoms with van der Waals surface area (Å²) in [5, 5.41) is 3.49. The Hall–Kier alpha value is -3.00. The van der Waals surface area contributed by atoms with E-state index < -0.39 is 0 Å². The van der Waals surface area contributed by atoms with Gasteiger partial charge in [0.05, 0.1) is 23.4 Å². The lowest BCUT2D eigenvalue weighted by Crippen LogP contribution is -2.23. The van der Waals surface area contributed by atoms with Crippen molar-refractivity contribution in [3.8, 4) is 0 Å². The molecule has 138 valence electrons. The maximum atomic E-state index is 5.57. The fraction of sp³-hybridized carbons (Fsp3) is 0.368. The average Bonchev–Trinajstić information content (AvgIpc) is 3.34. The van der Waals surface area contributed by atoms with Gasteiger partial charge in [-0.3, -0.25) is 0 Å². The molecule has 0 radical (unpaired) electrons. The zero-order valence-corrected chi connectivity index (χ0v) is 15.1. The minimum atomic E-state index is -0.0263. The van der Waals surface area contributed by atoms with Crippen LogP contribution >= 0.6 is 0 Å². The van der Waals surface area contributed by atoms with E-state index in [1.54, 1.807) is 6.33 Å². The molecule has 5 rings (SSSR count). The number of fused-ring (bicyclic) bond motifs is 2. The van der Waals surface area contributed by atoms with Crippen LogP contribution in [-0.2, 0) is 4.74 Å². The topological polar surface area (TPSA) is 93.5 Å².